The summed E-state index contributed by atoms with van der Waals surface area (Å²) >= 11 is 0. The van der Waals surface area contributed by atoms with Crippen LogP contribution < -0.4 is 15.2 Å². The fourth-order valence-electron chi connectivity index (χ4n) is 5.17. The molecule has 0 aliphatic carbocycles. The second kappa shape index (κ2) is 10.8. The number of nitrogens with zero attached hydrogens (tertiary/aromatic N) is 1. The number of ether oxygens (including phenoxy) is 2. The van der Waals surface area contributed by atoms with Gasteiger partial charge >= 0.3 is 6.18 Å². The molecule has 1 amide bonds. The van der Waals surface area contributed by atoms with Crippen molar-refractivity contribution in [3.63, 3.8) is 0 Å². The number of halogens is 4. The van der Waals surface area contributed by atoms with E-state index in [1.807, 2.05) is 17.0 Å². The number of fused-ring (bicyclic) bond motifs is 1. The predicted octanol–water partition coefficient (Wildman–Crippen LogP) is 5.62. The van der Waals surface area contributed by atoms with E-state index in [-0.39, 0.29) is 18.4 Å². The van der Waals surface area contributed by atoms with Crippen molar-refractivity contribution in [3.8, 4) is 11.5 Å². The number of hydrogen-bond donors (Lipinski definition) is 1. The standard InChI is InChI=1S/C28H28F4N2O3/c1-36-24-15-18-12-13-34(26(27(33)35)17-6-4-3-5-7-17)23(21(18)16-25(24)37-2)11-8-19-14-20(29)9-10-22(19)28(30,31)32/h3-7,9-10,14-16,23,26H,8,11-13H2,1-2H3,(H2,33,35)/t23-,26?/m0/s1. The summed E-state index contributed by atoms with van der Waals surface area (Å²) in [6, 6.07) is 13.9. The van der Waals surface area contributed by atoms with Crippen molar-refractivity contribution in [1.82, 2.24) is 4.90 Å². The number of nitrogens with two attached hydrogens (primary N) is 1. The summed E-state index contributed by atoms with van der Waals surface area (Å²) in [5.41, 5.74) is 7.27. The van der Waals surface area contributed by atoms with Crippen LogP contribution in [0.15, 0.2) is 60.7 Å². The molecule has 1 unspecified atom stereocenters. The SMILES string of the molecule is COc1cc2c(cc1OC)[C@H](CCc1cc(F)ccc1C(F)(F)F)N(C(C(N)=O)c1ccccc1)CC2. The van der Waals surface area contributed by atoms with Crippen molar-refractivity contribution in [1.29, 1.82) is 0 Å². The van der Waals surface area contributed by atoms with Gasteiger partial charge in [-0.15, -0.1) is 0 Å². The van der Waals surface area contributed by atoms with Crippen LogP contribution in [-0.4, -0.2) is 31.6 Å². The molecule has 196 valence electrons. The lowest BCUT2D eigenvalue weighted by atomic mass is 9.85. The number of carbonyl (C=O) groups is 1. The first kappa shape index (κ1) is 26.5. The molecule has 0 radical (unpaired) electrons. The molecule has 3 aromatic carbocycles. The van der Waals surface area contributed by atoms with Crippen LogP contribution >= 0.6 is 0 Å². The topological polar surface area (TPSA) is 64.8 Å². The summed E-state index contributed by atoms with van der Waals surface area (Å²) in [5.74, 6) is -0.311. The summed E-state index contributed by atoms with van der Waals surface area (Å²) in [6.45, 7) is 0.435. The molecule has 3 aromatic rings. The molecule has 0 bridgehead atoms. The number of carbonyl (C=O) groups excluding carboxylic acids is 1. The number of rotatable bonds is 8. The maximum Gasteiger partial charge on any atom is 0.416 e. The highest BCUT2D eigenvalue weighted by Gasteiger charge is 2.38. The highest BCUT2D eigenvalue weighted by molar-refractivity contribution is 5.81. The first-order valence-electron chi connectivity index (χ1n) is 11.8. The van der Waals surface area contributed by atoms with E-state index in [1.165, 1.54) is 14.2 Å². The summed E-state index contributed by atoms with van der Waals surface area (Å²) in [7, 11) is 3.02. The molecular weight excluding hydrogens is 488 g/mol. The molecule has 4 rings (SSSR count). The van der Waals surface area contributed by atoms with Crippen molar-refractivity contribution in [2.24, 2.45) is 5.73 Å². The maximum atomic E-state index is 14.0. The number of aryl methyl sites for hydroxylation is 1. The minimum Gasteiger partial charge on any atom is -0.493 e. The first-order valence-corrected chi connectivity index (χ1v) is 11.8. The van der Waals surface area contributed by atoms with E-state index in [4.69, 9.17) is 15.2 Å². The Kier molecular flexibility index (Phi) is 7.73. The van der Waals surface area contributed by atoms with Crippen LogP contribution in [0.25, 0.3) is 0 Å². The van der Waals surface area contributed by atoms with Gasteiger partial charge in [-0.2, -0.15) is 13.2 Å². The quantitative estimate of drug-likeness (QED) is 0.395. The number of methoxy groups -OCH3 is 2. The van der Waals surface area contributed by atoms with E-state index < -0.39 is 35.5 Å². The van der Waals surface area contributed by atoms with Crippen LogP contribution in [0.2, 0.25) is 0 Å². The summed E-state index contributed by atoms with van der Waals surface area (Å²) in [4.78, 5) is 14.6. The Labute approximate surface area is 212 Å². The molecule has 5 nitrogen and oxygen atoms in total. The smallest absolute Gasteiger partial charge is 0.416 e. The van der Waals surface area contributed by atoms with Gasteiger partial charge in [0.25, 0.3) is 0 Å². The third kappa shape index (κ3) is 5.56. The molecule has 2 atom stereocenters. The van der Waals surface area contributed by atoms with Gasteiger partial charge in [-0.1, -0.05) is 30.3 Å². The number of hydrogen-bond acceptors (Lipinski definition) is 4. The van der Waals surface area contributed by atoms with E-state index in [0.29, 0.717) is 30.0 Å². The van der Waals surface area contributed by atoms with Crippen LogP contribution in [-0.2, 0) is 23.8 Å². The second-order valence-corrected chi connectivity index (χ2v) is 8.96. The Bertz CT molecular complexity index is 1260. The molecule has 0 aromatic heterocycles. The average Bonchev–Trinajstić information content (AvgIpc) is 2.86. The molecule has 1 heterocycles. The van der Waals surface area contributed by atoms with E-state index in [9.17, 15) is 22.4 Å². The Balaban J connectivity index is 1.80. The fraction of sp³-hybridized carbons (Fsp3) is 0.321. The minimum atomic E-state index is -4.62. The largest absolute Gasteiger partial charge is 0.493 e. The first-order chi connectivity index (χ1) is 17.6. The van der Waals surface area contributed by atoms with Crippen molar-refractivity contribution in [2.45, 2.75) is 37.5 Å². The van der Waals surface area contributed by atoms with Crippen LogP contribution in [0.5, 0.6) is 11.5 Å². The lowest BCUT2D eigenvalue weighted by molar-refractivity contribution is -0.138. The molecule has 2 N–H and O–H groups in total. The van der Waals surface area contributed by atoms with Crippen molar-refractivity contribution in [2.75, 3.05) is 20.8 Å². The second-order valence-electron chi connectivity index (χ2n) is 8.96. The van der Waals surface area contributed by atoms with Gasteiger partial charge in [-0.05, 0) is 71.8 Å². The summed E-state index contributed by atoms with van der Waals surface area (Å²) in [5, 5.41) is 0. The van der Waals surface area contributed by atoms with Gasteiger partial charge in [0.1, 0.15) is 11.9 Å². The molecule has 1 aliphatic rings. The molecule has 9 heteroatoms. The van der Waals surface area contributed by atoms with Gasteiger partial charge in [-0.25, -0.2) is 4.39 Å². The fourth-order valence-corrected chi connectivity index (χ4v) is 5.17. The van der Waals surface area contributed by atoms with Gasteiger partial charge in [0.2, 0.25) is 5.91 Å². The van der Waals surface area contributed by atoms with E-state index in [0.717, 1.165) is 29.3 Å². The van der Waals surface area contributed by atoms with Gasteiger partial charge in [0.05, 0.1) is 19.8 Å². The molecule has 0 saturated heterocycles. The van der Waals surface area contributed by atoms with Crippen LogP contribution in [0.3, 0.4) is 0 Å². The highest BCUT2D eigenvalue weighted by atomic mass is 19.4. The molecule has 0 saturated carbocycles. The normalized spacial score (nSPS) is 16.6. The highest BCUT2D eigenvalue weighted by Crippen LogP contribution is 2.43. The van der Waals surface area contributed by atoms with Crippen molar-refractivity contribution in [3.05, 3.63) is 94.3 Å². The Hall–Kier alpha value is -3.59. The number of alkyl halides is 3. The lowest BCUT2D eigenvalue weighted by Gasteiger charge is -2.42. The number of benzene rings is 3. The molecule has 1 aliphatic heterocycles. The van der Waals surface area contributed by atoms with Crippen LogP contribution in [0, 0.1) is 5.82 Å². The predicted molar refractivity (Wildman–Crippen MR) is 131 cm³/mol. The van der Waals surface area contributed by atoms with Gasteiger partial charge in [-0.3, -0.25) is 9.69 Å². The zero-order valence-corrected chi connectivity index (χ0v) is 20.5. The Morgan fingerprint density at radius 2 is 1.73 bits per heavy atom. The number of primary amides is 1. The van der Waals surface area contributed by atoms with Crippen molar-refractivity contribution >= 4 is 5.91 Å². The van der Waals surface area contributed by atoms with Gasteiger partial charge in [0, 0.05) is 12.6 Å². The molecular formula is C28H28F4N2O3. The monoisotopic (exact) mass is 516 g/mol. The summed E-state index contributed by atoms with van der Waals surface area (Å²) < 4.78 is 65.9. The zero-order chi connectivity index (χ0) is 26.7. The van der Waals surface area contributed by atoms with E-state index in [2.05, 4.69) is 0 Å². The Morgan fingerprint density at radius 3 is 2.35 bits per heavy atom. The van der Waals surface area contributed by atoms with Crippen LogP contribution in [0.4, 0.5) is 17.6 Å². The average molecular weight is 517 g/mol. The van der Waals surface area contributed by atoms with Gasteiger partial charge in [0.15, 0.2) is 11.5 Å². The van der Waals surface area contributed by atoms with Gasteiger partial charge < -0.3 is 15.2 Å². The summed E-state index contributed by atoms with van der Waals surface area (Å²) in [6.07, 6.45) is -3.94. The molecule has 37 heavy (non-hydrogen) atoms. The maximum absolute atomic E-state index is 14.0. The third-order valence-electron chi connectivity index (χ3n) is 6.82. The van der Waals surface area contributed by atoms with Crippen molar-refractivity contribution < 1.29 is 31.8 Å². The third-order valence-corrected chi connectivity index (χ3v) is 6.82. The molecule has 0 fully saturated rings. The number of amides is 1. The van der Waals surface area contributed by atoms with E-state index >= 15 is 0 Å². The lowest BCUT2D eigenvalue weighted by Crippen LogP contribution is -2.44. The Morgan fingerprint density at radius 1 is 1.05 bits per heavy atom. The van der Waals surface area contributed by atoms with E-state index in [1.54, 1.807) is 30.3 Å². The minimum absolute atomic E-state index is 0.0676. The molecule has 0 spiro atoms. The zero-order valence-electron chi connectivity index (χ0n) is 20.5. The van der Waals surface area contributed by atoms with Crippen LogP contribution in [0.1, 0.15) is 46.3 Å².